The van der Waals surface area contributed by atoms with Gasteiger partial charge < -0.3 is 15.6 Å². The summed E-state index contributed by atoms with van der Waals surface area (Å²) in [6.07, 6.45) is 0.707. The Morgan fingerprint density at radius 1 is 1.35 bits per heavy atom. The summed E-state index contributed by atoms with van der Waals surface area (Å²) in [5.74, 6) is 1.20. The predicted molar refractivity (Wildman–Crippen MR) is 65.1 cm³/mol. The average molecular weight is 236 g/mol. The monoisotopic (exact) mass is 236 g/mol. The zero-order chi connectivity index (χ0) is 12.6. The maximum atomic E-state index is 11.8. The molecular formula is C11H16N4O2. The second-order valence-electron chi connectivity index (χ2n) is 4.69. The molecule has 0 bridgehead atoms. The fourth-order valence-electron chi connectivity index (χ4n) is 1.88. The van der Waals surface area contributed by atoms with Gasteiger partial charge in [0.25, 0.3) is 5.56 Å². The number of hydrogen-bond donors (Lipinski definition) is 3. The van der Waals surface area contributed by atoms with E-state index in [1.165, 1.54) is 0 Å². The van der Waals surface area contributed by atoms with E-state index in [0.29, 0.717) is 24.0 Å². The largest absolute Gasteiger partial charge is 0.356 e. The van der Waals surface area contributed by atoms with Gasteiger partial charge in [0.1, 0.15) is 17.6 Å². The highest BCUT2D eigenvalue weighted by Crippen LogP contribution is 2.22. The highest BCUT2D eigenvalue weighted by Gasteiger charge is 2.28. The molecule has 0 aliphatic carbocycles. The van der Waals surface area contributed by atoms with Gasteiger partial charge in [-0.2, -0.15) is 0 Å². The highest BCUT2D eigenvalue weighted by atomic mass is 16.2. The van der Waals surface area contributed by atoms with Crippen molar-refractivity contribution in [1.29, 1.82) is 0 Å². The topological polar surface area (TPSA) is 86.9 Å². The van der Waals surface area contributed by atoms with E-state index in [-0.39, 0.29) is 23.2 Å². The Balaban J connectivity index is 2.34. The third kappa shape index (κ3) is 2.30. The minimum Gasteiger partial charge on any atom is -0.356 e. The van der Waals surface area contributed by atoms with Crippen LogP contribution in [0.4, 0.5) is 11.5 Å². The first-order valence-electron chi connectivity index (χ1n) is 5.65. The van der Waals surface area contributed by atoms with Crippen molar-refractivity contribution >= 4 is 17.4 Å². The van der Waals surface area contributed by atoms with Gasteiger partial charge in [-0.05, 0) is 19.3 Å². The summed E-state index contributed by atoms with van der Waals surface area (Å²) < 4.78 is 0. The lowest BCUT2D eigenvalue weighted by atomic mass is 10.0. The number of aromatic nitrogens is 2. The van der Waals surface area contributed by atoms with Gasteiger partial charge in [-0.25, -0.2) is 4.98 Å². The predicted octanol–water partition coefficient (Wildman–Crippen LogP) is 0.857. The minimum atomic E-state index is -0.323. The third-order valence-electron chi connectivity index (χ3n) is 2.62. The van der Waals surface area contributed by atoms with E-state index in [4.69, 9.17) is 0 Å². The van der Waals surface area contributed by atoms with E-state index in [9.17, 15) is 9.59 Å². The van der Waals surface area contributed by atoms with Crippen LogP contribution in [0.25, 0.3) is 0 Å². The Kier molecular flexibility index (Phi) is 2.87. The molecular weight excluding hydrogens is 220 g/mol. The summed E-state index contributed by atoms with van der Waals surface area (Å²) >= 11 is 0. The number of aryl methyl sites for hydroxylation is 1. The Hall–Kier alpha value is -1.85. The molecule has 17 heavy (non-hydrogen) atoms. The van der Waals surface area contributed by atoms with E-state index < -0.39 is 0 Å². The fraction of sp³-hybridized carbons (Fsp3) is 0.545. The normalized spacial score (nSPS) is 18.6. The Morgan fingerprint density at radius 3 is 2.71 bits per heavy atom. The molecule has 1 aliphatic heterocycles. The second-order valence-corrected chi connectivity index (χ2v) is 4.69. The molecule has 2 heterocycles. The van der Waals surface area contributed by atoms with E-state index in [0.717, 1.165) is 0 Å². The number of fused-ring (bicyclic) bond motifs is 1. The molecule has 0 aromatic carbocycles. The summed E-state index contributed by atoms with van der Waals surface area (Å²) in [7, 11) is 0. The number of H-pyrrole nitrogens is 1. The fourth-order valence-corrected chi connectivity index (χ4v) is 1.88. The van der Waals surface area contributed by atoms with Crippen molar-refractivity contribution in [2.75, 3.05) is 10.6 Å². The van der Waals surface area contributed by atoms with E-state index in [2.05, 4.69) is 20.6 Å². The quantitative estimate of drug-likeness (QED) is 0.710. The highest BCUT2D eigenvalue weighted by molar-refractivity contribution is 6.01. The van der Waals surface area contributed by atoms with Crippen LogP contribution in [0.5, 0.6) is 0 Å². The molecule has 3 N–H and O–H groups in total. The average Bonchev–Trinajstić information content (AvgIpc) is 2.20. The molecule has 1 amide bonds. The van der Waals surface area contributed by atoms with Crippen molar-refractivity contribution in [2.24, 2.45) is 5.92 Å². The first kappa shape index (κ1) is 11.6. The molecule has 6 nitrogen and oxygen atoms in total. The molecule has 0 saturated carbocycles. The molecule has 1 aromatic heterocycles. The van der Waals surface area contributed by atoms with Crippen LogP contribution in [0.2, 0.25) is 0 Å². The summed E-state index contributed by atoms with van der Waals surface area (Å²) in [6, 6.07) is -0.323. The van der Waals surface area contributed by atoms with E-state index in [1.54, 1.807) is 6.92 Å². The number of amides is 1. The van der Waals surface area contributed by atoms with Crippen LogP contribution in [0.3, 0.4) is 0 Å². The van der Waals surface area contributed by atoms with Crippen molar-refractivity contribution in [3.63, 3.8) is 0 Å². The number of carbonyl (C=O) groups is 1. The van der Waals surface area contributed by atoms with Crippen molar-refractivity contribution < 1.29 is 4.79 Å². The smallest absolute Gasteiger partial charge is 0.276 e. The van der Waals surface area contributed by atoms with Gasteiger partial charge in [0, 0.05) is 0 Å². The van der Waals surface area contributed by atoms with Gasteiger partial charge in [0.2, 0.25) is 5.91 Å². The molecule has 0 radical (unpaired) electrons. The Morgan fingerprint density at radius 2 is 2.06 bits per heavy atom. The maximum absolute atomic E-state index is 11.8. The maximum Gasteiger partial charge on any atom is 0.276 e. The van der Waals surface area contributed by atoms with Crippen LogP contribution in [0.15, 0.2) is 4.79 Å². The van der Waals surface area contributed by atoms with Gasteiger partial charge in [-0.3, -0.25) is 9.59 Å². The molecule has 0 saturated heterocycles. The molecule has 1 atom stereocenters. The molecule has 1 aromatic rings. The lowest BCUT2D eigenvalue weighted by Gasteiger charge is -2.26. The molecule has 0 spiro atoms. The first-order valence-corrected chi connectivity index (χ1v) is 5.65. The lowest BCUT2D eigenvalue weighted by Crippen LogP contribution is -2.42. The number of rotatable bonds is 2. The van der Waals surface area contributed by atoms with Gasteiger partial charge in [0.05, 0.1) is 0 Å². The lowest BCUT2D eigenvalue weighted by molar-refractivity contribution is -0.117. The first-order chi connectivity index (χ1) is 7.97. The zero-order valence-corrected chi connectivity index (χ0v) is 10.1. The Labute approximate surface area is 98.8 Å². The van der Waals surface area contributed by atoms with Gasteiger partial charge >= 0.3 is 0 Å². The van der Waals surface area contributed by atoms with Crippen LogP contribution in [-0.2, 0) is 4.79 Å². The molecule has 0 fully saturated rings. The molecule has 1 unspecified atom stereocenters. The summed E-state index contributed by atoms with van der Waals surface area (Å²) in [5, 5.41) is 5.62. The number of aromatic amines is 1. The van der Waals surface area contributed by atoms with Crippen molar-refractivity contribution in [2.45, 2.75) is 33.2 Å². The van der Waals surface area contributed by atoms with Crippen molar-refractivity contribution in [3.05, 3.63) is 16.2 Å². The zero-order valence-electron chi connectivity index (χ0n) is 10.1. The van der Waals surface area contributed by atoms with Gasteiger partial charge in [-0.15, -0.1) is 0 Å². The number of anilines is 2. The molecule has 6 heteroatoms. The molecule has 2 rings (SSSR count). The Bertz CT molecular complexity index is 507. The standard InChI is InChI=1S/C11H16N4O2/c1-5(2)4-7-10(16)15-8-9(14-7)12-6(3)13-11(8)17/h5,7H,4H2,1-3H3,(H,15,16)(H2,12,13,14,17). The van der Waals surface area contributed by atoms with Crippen molar-refractivity contribution in [3.8, 4) is 0 Å². The van der Waals surface area contributed by atoms with E-state index in [1.807, 2.05) is 13.8 Å². The molecule has 92 valence electrons. The summed E-state index contributed by atoms with van der Waals surface area (Å²) in [5.41, 5.74) is -0.114. The van der Waals surface area contributed by atoms with Crippen LogP contribution in [0.1, 0.15) is 26.1 Å². The SMILES string of the molecule is Cc1nc2c(c(=O)[nH]1)NC(=O)C(CC(C)C)N2. The van der Waals surface area contributed by atoms with E-state index >= 15 is 0 Å². The van der Waals surface area contributed by atoms with Crippen LogP contribution in [-0.4, -0.2) is 21.9 Å². The summed E-state index contributed by atoms with van der Waals surface area (Å²) in [6.45, 7) is 5.79. The second kappa shape index (κ2) is 4.20. The van der Waals surface area contributed by atoms with Gasteiger partial charge in [-0.1, -0.05) is 13.8 Å². The number of hydrogen-bond acceptors (Lipinski definition) is 4. The van der Waals surface area contributed by atoms with Gasteiger partial charge in [0.15, 0.2) is 5.82 Å². The number of carbonyl (C=O) groups excluding carboxylic acids is 1. The number of nitrogens with zero attached hydrogens (tertiary/aromatic N) is 1. The van der Waals surface area contributed by atoms with Crippen LogP contribution >= 0.6 is 0 Å². The van der Waals surface area contributed by atoms with Crippen molar-refractivity contribution in [1.82, 2.24) is 9.97 Å². The summed E-state index contributed by atoms with van der Waals surface area (Å²) in [4.78, 5) is 30.1. The number of nitrogens with one attached hydrogen (secondary N) is 3. The molecule has 1 aliphatic rings. The van der Waals surface area contributed by atoms with Crippen LogP contribution < -0.4 is 16.2 Å². The minimum absolute atomic E-state index is 0.178. The van der Waals surface area contributed by atoms with Crippen LogP contribution in [0, 0.1) is 12.8 Å². The third-order valence-corrected chi connectivity index (χ3v) is 2.62.